The lowest BCUT2D eigenvalue weighted by atomic mass is 9.94. The Morgan fingerprint density at radius 1 is 1.20 bits per heavy atom. The highest BCUT2D eigenvalue weighted by Crippen LogP contribution is 2.16. The highest BCUT2D eigenvalue weighted by Gasteiger charge is 2.31. The molecule has 0 amide bonds. The maximum Gasteiger partial charge on any atom is 0.323 e. The highest BCUT2D eigenvalue weighted by molar-refractivity contribution is 5.78. The van der Waals surface area contributed by atoms with Crippen LogP contribution in [0.3, 0.4) is 0 Å². The molecule has 1 aliphatic rings. The minimum absolute atomic E-state index is 0.718. The third-order valence-electron chi connectivity index (χ3n) is 4.34. The largest absolute Gasteiger partial charge is 0.480 e. The van der Waals surface area contributed by atoms with Gasteiger partial charge in [0.15, 0.2) is 0 Å². The number of carboxylic acid groups (broad SMARTS) is 1. The summed E-state index contributed by atoms with van der Waals surface area (Å²) in [5.41, 5.74) is -0.755. The molecule has 0 spiro atoms. The molecule has 1 saturated heterocycles. The molecule has 0 aliphatic carbocycles. The van der Waals surface area contributed by atoms with Gasteiger partial charge in [-0.1, -0.05) is 19.8 Å². The van der Waals surface area contributed by atoms with Crippen LogP contribution in [0.5, 0.6) is 0 Å². The van der Waals surface area contributed by atoms with Crippen molar-refractivity contribution in [3.05, 3.63) is 0 Å². The van der Waals surface area contributed by atoms with Crippen LogP contribution in [0.15, 0.2) is 0 Å². The van der Waals surface area contributed by atoms with E-state index >= 15 is 0 Å². The zero-order valence-corrected chi connectivity index (χ0v) is 13.3. The standard InChI is InChI=1S/C16H32N2O2/c1-3-11-17-16(2,15(19)20)10-6-9-14-18-12-7-4-5-8-13-18/h17H,3-14H2,1-2H3,(H,19,20). The van der Waals surface area contributed by atoms with Crippen molar-refractivity contribution in [2.45, 2.75) is 70.8 Å². The zero-order valence-electron chi connectivity index (χ0n) is 13.3. The van der Waals surface area contributed by atoms with Gasteiger partial charge in [-0.3, -0.25) is 4.79 Å². The van der Waals surface area contributed by atoms with E-state index in [-0.39, 0.29) is 0 Å². The number of nitrogens with zero attached hydrogens (tertiary/aromatic N) is 1. The number of unbranched alkanes of at least 4 members (excludes halogenated alkanes) is 1. The number of likely N-dealkylation sites (tertiary alicyclic amines) is 1. The van der Waals surface area contributed by atoms with Crippen molar-refractivity contribution in [1.29, 1.82) is 0 Å². The second kappa shape index (κ2) is 9.35. The predicted molar refractivity (Wildman–Crippen MR) is 83.1 cm³/mol. The summed E-state index contributed by atoms with van der Waals surface area (Å²) in [4.78, 5) is 13.9. The third kappa shape index (κ3) is 6.23. The van der Waals surface area contributed by atoms with E-state index in [2.05, 4.69) is 17.1 Å². The second-order valence-electron chi connectivity index (χ2n) is 6.28. The molecule has 1 aliphatic heterocycles. The van der Waals surface area contributed by atoms with E-state index in [4.69, 9.17) is 0 Å². The van der Waals surface area contributed by atoms with Gasteiger partial charge in [0.25, 0.3) is 0 Å². The molecule has 0 saturated carbocycles. The first kappa shape index (κ1) is 17.4. The van der Waals surface area contributed by atoms with Gasteiger partial charge in [-0.05, 0) is 71.6 Å². The van der Waals surface area contributed by atoms with Crippen LogP contribution in [0, 0.1) is 0 Å². The predicted octanol–water partition coefficient (Wildman–Crippen LogP) is 2.88. The Morgan fingerprint density at radius 3 is 2.40 bits per heavy atom. The minimum Gasteiger partial charge on any atom is -0.480 e. The Hall–Kier alpha value is -0.610. The van der Waals surface area contributed by atoms with E-state index in [1.165, 1.54) is 38.8 Å². The molecule has 0 aromatic rings. The SMILES string of the molecule is CCCNC(C)(CCCCN1CCCCCC1)C(=O)O. The molecule has 0 aromatic carbocycles. The maximum absolute atomic E-state index is 11.4. The van der Waals surface area contributed by atoms with Crippen LogP contribution >= 0.6 is 0 Å². The Balaban J connectivity index is 2.24. The number of nitrogens with one attached hydrogen (secondary N) is 1. The average Bonchev–Trinajstić information content (AvgIpc) is 2.70. The summed E-state index contributed by atoms with van der Waals surface area (Å²) in [5.74, 6) is -0.722. The van der Waals surface area contributed by atoms with Crippen LogP contribution < -0.4 is 5.32 Å². The number of hydrogen-bond donors (Lipinski definition) is 2. The van der Waals surface area contributed by atoms with E-state index in [0.29, 0.717) is 0 Å². The molecule has 1 rings (SSSR count). The van der Waals surface area contributed by atoms with Crippen molar-refractivity contribution < 1.29 is 9.90 Å². The molecule has 4 heteroatoms. The lowest BCUT2D eigenvalue weighted by Gasteiger charge is -2.27. The molecular formula is C16H32N2O2. The summed E-state index contributed by atoms with van der Waals surface area (Å²) < 4.78 is 0. The quantitative estimate of drug-likeness (QED) is 0.639. The highest BCUT2D eigenvalue weighted by atomic mass is 16.4. The molecule has 118 valence electrons. The van der Waals surface area contributed by atoms with E-state index in [0.717, 1.165) is 38.8 Å². The van der Waals surface area contributed by atoms with Crippen molar-refractivity contribution in [2.75, 3.05) is 26.2 Å². The number of hydrogen-bond acceptors (Lipinski definition) is 3. The third-order valence-corrected chi connectivity index (χ3v) is 4.34. The van der Waals surface area contributed by atoms with Gasteiger partial charge < -0.3 is 15.3 Å². The first-order valence-corrected chi connectivity index (χ1v) is 8.29. The minimum atomic E-state index is -0.755. The van der Waals surface area contributed by atoms with E-state index in [1.807, 2.05) is 6.92 Å². The van der Waals surface area contributed by atoms with Crippen molar-refractivity contribution in [1.82, 2.24) is 10.2 Å². The summed E-state index contributed by atoms with van der Waals surface area (Å²) in [6, 6.07) is 0. The van der Waals surface area contributed by atoms with Gasteiger partial charge >= 0.3 is 5.97 Å². The number of aliphatic carboxylic acids is 1. The number of carbonyl (C=O) groups is 1. The van der Waals surface area contributed by atoms with Gasteiger partial charge in [0.05, 0.1) is 0 Å². The molecule has 0 bridgehead atoms. The zero-order chi connectivity index (χ0) is 14.8. The van der Waals surface area contributed by atoms with E-state index < -0.39 is 11.5 Å². The van der Waals surface area contributed by atoms with Crippen LogP contribution in [0.1, 0.15) is 65.2 Å². The second-order valence-corrected chi connectivity index (χ2v) is 6.28. The average molecular weight is 284 g/mol. The van der Waals surface area contributed by atoms with Gasteiger partial charge in [0, 0.05) is 0 Å². The Labute approximate surface area is 123 Å². The van der Waals surface area contributed by atoms with Crippen LogP contribution in [-0.2, 0) is 4.79 Å². The molecule has 20 heavy (non-hydrogen) atoms. The van der Waals surface area contributed by atoms with E-state index in [9.17, 15) is 9.90 Å². The molecule has 1 fully saturated rings. The molecule has 0 radical (unpaired) electrons. The molecule has 1 atom stereocenters. The fourth-order valence-corrected chi connectivity index (χ4v) is 2.85. The smallest absolute Gasteiger partial charge is 0.323 e. The Morgan fingerprint density at radius 2 is 1.85 bits per heavy atom. The van der Waals surface area contributed by atoms with Crippen molar-refractivity contribution in [2.24, 2.45) is 0 Å². The summed E-state index contributed by atoms with van der Waals surface area (Å²) in [5, 5.41) is 12.6. The first-order valence-electron chi connectivity index (χ1n) is 8.29. The van der Waals surface area contributed by atoms with Crippen molar-refractivity contribution in [3.63, 3.8) is 0 Å². The number of carboxylic acids is 1. The maximum atomic E-state index is 11.4. The van der Waals surface area contributed by atoms with Crippen LogP contribution in [0.25, 0.3) is 0 Å². The fraction of sp³-hybridized carbons (Fsp3) is 0.938. The van der Waals surface area contributed by atoms with Crippen molar-refractivity contribution >= 4 is 5.97 Å². The van der Waals surface area contributed by atoms with Gasteiger partial charge in [-0.2, -0.15) is 0 Å². The molecular weight excluding hydrogens is 252 g/mol. The van der Waals surface area contributed by atoms with Gasteiger partial charge in [-0.15, -0.1) is 0 Å². The summed E-state index contributed by atoms with van der Waals surface area (Å²) in [7, 11) is 0. The topological polar surface area (TPSA) is 52.6 Å². The number of rotatable bonds is 9. The molecule has 0 aromatic heterocycles. The lowest BCUT2D eigenvalue weighted by molar-refractivity contribution is -0.144. The monoisotopic (exact) mass is 284 g/mol. The summed E-state index contributed by atoms with van der Waals surface area (Å²) >= 11 is 0. The summed E-state index contributed by atoms with van der Waals surface area (Å²) in [6.45, 7) is 8.23. The molecule has 1 heterocycles. The molecule has 2 N–H and O–H groups in total. The molecule has 1 unspecified atom stereocenters. The lowest BCUT2D eigenvalue weighted by Crippen LogP contribution is -2.49. The Kier molecular flexibility index (Phi) is 8.15. The van der Waals surface area contributed by atoms with Crippen LogP contribution in [-0.4, -0.2) is 47.7 Å². The first-order chi connectivity index (χ1) is 9.58. The van der Waals surface area contributed by atoms with Crippen molar-refractivity contribution in [3.8, 4) is 0 Å². The van der Waals surface area contributed by atoms with Gasteiger partial charge in [0.2, 0.25) is 0 Å². The fourth-order valence-electron chi connectivity index (χ4n) is 2.85. The van der Waals surface area contributed by atoms with Crippen LogP contribution in [0.4, 0.5) is 0 Å². The normalized spacial score (nSPS) is 20.3. The Bertz CT molecular complexity index is 276. The summed E-state index contributed by atoms with van der Waals surface area (Å²) in [6.07, 6.45) is 9.17. The molecule has 4 nitrogen and oxygen atoms in total. The van der Waals surface area contributed by atoms with E-state index in [1.54, 1.807) is 0 Å². The van der Waals surface area contributed by atoms with Gasteiger partial charge in [-0.25, -0.2) is 0 Å². The van der Waals surface area contributed by atoms with Gasteiger partial charge in [0.1, 0.15) is 5.54 Å². The van der Waals surface area contributed by atoms with Crippen LogP contribution in [0.2, 0.25) is 0 Å².